The molecule has 0 bridgehead atoms. The lowest BCUT2D eigenvalue weighted by Gasteiger charge is -2.38. The van der Waals surface area contributed by atoms with Gasteiger partial charge in [0.05, 0.1) is 12.7 Å². The molecule has 2 saturated heterocycles. The molecule has 0 unspecified atom stereocenters. The van der Waals surface area contributed by atoms with Crippen molar-refractivity contribution in [1.29, 1.82) is 0 Å². The summed E-state index contributed by atoms with van der Waals surface area (Å²) in [5.74, 6) is 0.775. The predicted molar refractivity (Wildman–Crippen MR) is 87.6 cm³/mol. The van der Waals surface area contributed by atoms with Gasteiger partial charge in [-0.2, -0.15) is 0 Å². The molecule has 0 radical (unpaired) electrons. The molecule has 3 rings (SSSR count). The summed E-state index contributed by atoms with van der Waals surface area (Å²) >= 11 is 0. The summed E-state index contributed by atoms with van der Waals surface area (Å²) in [6, 6.07) is 0.829. The van der Waals surface area contributed by atoms with Gasteiger partial charge in [-0.1, -0.05) is 19.8 Å². The second kappa shape index (κ2) is 7.94. The molecule has 0 amide bonds. The van der Waals surface area contributed by atoms with Crippen molar-refractivity contribution in [2.24, 2.45) is 5.92 Å². The first kappa shape index (κ1) is 15.8. The molecule has 0 aromatic rings. The minimum Gasteiger partial charge on any atom is -0.377 e. The van der Waals surface area contributed by atoms with Gasteiger partial charge < -0.3 is 4.74 Å². The molecule has 3 atom stereocenters. The van der Waals surface area contributed by atoms with E-state index in [9.17, 15) is 0 Å². The molecule has 1 aliphatic carbocycles. The summed E-state index contributed by atoms with van der Waals surface area (Å²) in [4.78, 5) is 5.39. The van der Waals surface area contributed by atoms with Crippen molar-refractivity contribution in [2.45, 2.75) is 70.4 Å². The van der Waals surface area contributed by atoms with Crippen LogP contribution in [0.3, 0.4) is 0 Å². The van der Waals surface area contributed by atoms with Gasteiger partial charge >= 0.3 is 0 Å². The van der Waals surface area contributed by atoms with E-state index in [1.807, 2.05) is 0 Å². The zero-order chi connectivity index (χ0) is 14.5. The highest BCUT2D eigenvalue weighted by atomic mass is 16.5. The van der Waals surface area contributed by atoms with Crippen LogP contribution in [0.5, 0.6) is 0 Å². The lowest BCUT2D eigenvalue weighted by molar-refractivity contribution is -0.0188. The Morgan fingerprint density at radius 2 is 1.71 bits per heavy atom. The smallest absolute Gasteiger partial charge is 0.0601 e. The van der Waals surface area contributed by atoms with Crippen LogP contribution in [0.15, 0.2) is 0 Å². The van der Waals surface area contributed by atoms with Crippen LogP contribution in [0.4, 0.5) is 0 Å². The van der Waals surface area contributed by atoms with Crippen molar-refractivity contribution in [3.05, 3.63) is 0 Å². The molecular weight excluding hydrogens is 260 g/mol. The summed E-state index contributed by atoms with van der Waals surface area (Å²) in [7, 11) is 0. The monoisotopic (exact) mass is 294 g/mol. The zero-order valence-electron chi connectivity index (χ0n) is 13.9. The molecule has 0 aromatic carbocycles. The van der Waals surface area contributed by atoms with Gasteiger partial charge in [0.2, 0.25) is 0 Å². The zero-order valence-corrected chi connectivity index (χ0v) is 13.9. The third kappa shape index (κ3) is 4.43. The molecule has 0 aromatic heterocycles. The first-order valence-electron chi connectivity index (χ1n) is 9.41. The lowest BCUT2D eigenvalue weighted by atomic mass is 9.88. The van der Waals surface area contributed by atoms with E-state index in [-0.39, 0.29) is 0 Å². The van der Waals surface area contributed by atoms with Gasteiger partial charge in [0.1, 0.15) is 0 Å². The molecule has 0 N–H and O–H groups in total. The van der Waals surface area contributed by atoms with E-state index in [1.54, 1.807) is 0 Å². The summed E-state index contributed by atoms with van der Waals surface area (Å²) in [5.41, 5.74) is 0. The van der Waals surface area contributed by atoms with Gasteiger partial charge in [-0.05, 0) is 64.1 Å². The molecule has 2 aliphatic heterocycles. The molecular formula is C18H34N2O. The molecule has 1 saturated carbocycles. The van der Waals surface area contributed by atoms with Crippen LogP contribution in [0, 0.1) is 5.92 Å². The standard InChI is InChI=1S/C18H34N2O/c1-16-7-2-3-9-18(16)21-14-13-19-10-6-8-17(15-19)20-11-4-5-12-20/h16-18H,2-15H2,1H3/t16-,17+,18+/m1/s1. The van der Waals surface area contributed by atoms with Crippen molar-refractivity contribution in [3.8, 4) is 0 Å². The molecule has 3 nitrogen and oxygen atoms in total. The van der Waals surface area contributed by atoms with Crippen LogP contribution in [-0.4, -0.2) is 61.3 Å². The minimum atomic E-state index is 0.540. The van der Waals surface area contributed by atoms with Gasteiger partial charge in [0.25, 0.3) is 0 Å². The molecule has 2 heterocycles. The van der Waals surface area contributed by atoms with Gasteiger partial charge in [0, 0.05) is 19.1 Å². The first-order valence-corrected chi connectivity index (χ1v) is 9.41. The fourth-order valence-electron chi connectivity index (χ4n) is 4.50. The average molecular weight is 294 g/mol. The maximum Gasteiger partial charge on any atom is 0.0601 e. The van der Waals surface area contributed by atoms with Crippen LogP contribution in [0.1, 0.15) is 58.3 Å². The number of hydrogen-bond donors (Lipinski definition) is 0. The molecule has 122 valence electrons. The Kier molecular flexibility index (Phi) is 5.96. The van der Waals surface area contributed by atoms with E-state index in [4.69, 9.17) is 4.74 Å². The second-order valence-corrected chi connectivity index (χ2v) is 7.51. The Morgan fingerprint density at radius 1 is 0.905 bits per heavy atom. The summed E-state index contributed by atoms with van der Waals surface area (Å²) in [5, 5.41) is 0. The Balaban J connectivity index is 1.36. The first-order chi connectivity index (χ1) is 10.3. The number of nitrogens with zero attached hydrogens (tertiary/aromatic N) is 2. The molecule has 3 heteroatoms. The van der Waals surface area contributed by atoms with E-state index in [0.717, 1.165) is 25.1 Å². The van der Waals surface area contributed by atoms with Crippen LogP contribution in [0.25, 0.3) is 0 Å². The van der Waals surface area contributed by atoms with E-state index in [1.165, 1.54) is 77.5 Å². The Bertz CT molecular complexity index is 304. The van der Waals surface area contributed by atoms with Crippen molar-refractivity contribution in [3.63, 3.8) is 0 Å². The number of ether oxygens (including phenoxy) is 1. The summed E-state index contributed by atoms with van der Waals surface area (Å²) < 4.78 is 6.20. The van der Waals surface area contributed by atoms with Crippen molar-refractivity contribution >= 4 is 0 Å². The maximum atomic E-state index is 6.20. The summed E-state index contributed by atoms with van der Waals surface area (Å²) in [6.07, 6.45) is 11.6. The lowest BCUT2D eigenvalue weighted by Crippen LogP contribution is -2.47. The van der Waals surface area contributed by atoms with Crippen molar-refractivity contribution in [2.75, 3.05) is 39.3 Å². The van der Waals surface area contributed by atoms with Crippen molar-refractivity contribution < 1.29 is 4.74 Å². The van der Waals surface area contributed by atoms with E-state index >= 15 is 0 Å². The minimum absolute atomic E-state index is 0.540. The van der Waals surface area contributed by atoms with Crippen LogP contribution >= 0.6 is 0 Å². The SMILES string of the molecule is C[C@@H]1CCCC[C@@H]1OCCN1CCC[C@H](N2CCCC2)C1. The topological polar surface area (TPSA) is 15.7 Å². The van der Waals surface area contributed by atoms with Gasteiger partial charge in [0.15, 0.2) is 0 Å². The summed E-state index contributed by atoms with van der Waals surface area (Å²) in [6.45, 7) is 9.71. The highest BCUT2D eigenvalue weighted by molar-refractivity contribution is 4.83. The Hall–Kier alpha value is -0.120. The second-order valence-electron chi connectivity index (χ2n) is 7.51. The maximum absolute atomic E-state index is 6.20. The molecule has 3 aliphatic rings. The largest absolute Gasteiger partial charge is 0.377 e. The molecule has 21 heavy (non-hydrogen) atoms. The van der Waals surface area contributed by atoms with Crippen LogP contribution in [-0.2, 0) is 4.74 Å². The van der Waals surface area contributed by atoms with Crippen molar-refractivity contribution in [1.82, 2.24) is 9.80 Å². The predicted octanol–water partition coefficient (Wildman–Crippen LogP) is 3.14. The number of hydrogen-bond acceptors (Lipinski definition) is 3. The fourth-order valence-corrected chi connectivity index (χ4v) is 4.50. The van der Waals surface area contributed by atoms with E-state index < -0.39 is 0 Å². The number of rotatable bonds is 5. The van der Waals surface area contributed by atoms with E-state index in [2.05, 4.69) is 16.7 Å². The molecule has 0 spiro atoms. The number of likely N-dealkylation sites (tertiary alicyclic amines) is 2. The Labute approximate surface area is 131 Å². The quantitative estimate of drug-likeness (QED) is 0.775. The van der Waals surface area contributed by atoms with Gasteiger partial charge in [-0.25, -0.2) is 0 Å². The Morgan fingerprint density at radius 3 is 2.52 bits per heavy atom. The van der Waals surface area contributed by atoms with Crippen LogP contribution in [0.2, 0.25) is 0 Å². The van der Waals surface area contributed by atoms with Gasteiger partial charge in [-0.3, -0.25) is 9.80 Å². The van der Waals surface area contributed by atoms with E-state index in [0.29, 0.717) is 6.10 Å². The average Bonchev–Trinajstić information content (AvgIpc) is 3.04. The highest BCUT2D eigenvalue weighted by Crippen LogP contribution is 2.26. The highest BCUT2D eigenvalue weighted by Gasteiger charge is 2.27. The van der Waals surface area contributed by atoms with Crippen LogP contribution < -0.4 is 0 Å². The number of piperidine rings is 1. The van der Waals surface area contributed by atoms with Gasteiger partial charge in [-0.15, -0.1) is 0 Å². The third-order valence-corrected chi connectivity index (χ3v) is 5.91. The normalized spacial score (nSPS) is 36.1. The third-order valence-electron chi connectivity index (χ3n) is 5.91. The fraction of sp³-hybridized carbons (Fsp3) is 1.00. The molecule has 3 fully saturated rings.